The van der Waals surface area contributed by atoms with Crippen LogP contribution in [-0.2, 0) is 0 Å². The highest BCUT2D eigenvalue weighted by atomic mass is 16.5. The van der Waals surface area contributed by atoms with Crippen LogP contribution in [0.2, 0.25) is 0 Å². The zero-order valence-electron chi connectivity index (χ0n) is 12.6. The summed E-state index contributed by atoms with van der Waals surface area (Å²) in [4.78, 5) is 20.2. The van der Waals surface area contributed by atoms with E-state index in [0.717, 1.165) is 5.69 Å². The fourth-order valence-electron chi connectivity index (χ4n) is 2.08. The number of ether oxygens (including phenoxy) is 1. The molecule has 0 unspecified atom stereocenters. The van der Waals surface area contributed by atoms with Gasteiger partial charge in [0.25, 0.3) is 5.91 Å². The number of benzene rings is 1. The second kappa shape index (κ2) is 6.74. The minimum absolute atomic E-state index is 0.211. The summed E-state index contributed by atoms with van der Waals surface area (Å²) in [5, 5.41) is 2.76. The van der Waals surface area contributed by atoms with E-state index in [1.807, 2.05) is 48.1 Å². The zero-order valence-corrected chi connectivity index (χ0v) is 12.6. The summed E-state index contributed by atoms with van der Waals surface area (Å²) in [6.07, 6.45) is 6.94. The number of nitrogens with zero attached hydrogens (tertiary/aromatic N) is 3. The molecule has 0 aliphatic carbocycles. The predicted octanol–water partition coefficient (Wildman–Crippen LogP) is 2.92. The highest BCUT2D eigenvalue weighted by Gasteiger charge is 2.07. The molecule has 0 saturated heterocycles. The first-order valence-corrected chi connectivity index (χ1v) is 7.26. The summed E-state index contributed by atoms with van der Waals surface area (Å²) in [6.45, 7) is 2.36. The van der Waals surface area contributed by atoms with Gasteiger partial charge in [0, 0.05) is 23.6 Å². The molecular formula is C17H16N4O2. The fourth-order valence-corrected chi connectivity index (χ4v) is 2.08. The van der Waals surface area contributed by atoms with E-state index in [1.54, 1.807) is 12.1 Å². The van der Waals surface area contributed by atoms with Crippen LogP contribution in [0.4, 0.5) is 5.69 Å². The average Bonchev–Trinajstić information content (AvgIpc) is 3.11. The van der Waals surface area contributed by atoms with E-state index < -0.39 is 0 Å². The van der Waals surface area contributed by atoms with E-state index in [9.17, 15) is 4.79 Å². The molecule has 0 fully saturated rings. The average molecular weight is 308 g/mol. The van der Waals surface area contributed by atoms with Crippen LogP contribution in [0.15, 0.2) is 61.2 Å². The number of hydrogen-bond acceptors (Lipinski definition) is 4. The van der Waals surface area contributed by atoms with Crippen LogP contribution >= 0.6 is 0 Å². The van der Waals surface area contributed by atoms with Gasteiger partial charge in [-0.2, -0.15) is 0 Å². The quantitative estimate of drug-likeness (QED) is 0.787. The lowest BCUT2D eigenvalue weighted by atomic mass is 10.2. The van der Waals surface area contributed by atoms with Crippen LogP contribution in [0, 0.1) is 0 Å². The molecule has 6 nitrogen and oxygen atoms in total. The highest BCUT2D eigenvalue weighted by Crippen LogP contribution is 2.13. The number of nitrogens with one attached hydrogen (secondary N) is 1. The van der Waals surface area contributed by atoms with Crippen LogP contribution in [0.1, 0.15) is 17.3 Å². The minimum atomic E-state index is -0.211. The monoisotopic (exact) mass is 308 g/mol. The van der Waals surface area contributed by atoms with E-state index in [2.05, 4.69) is 15.3 Å². The Kier molecular flexibility index (Phi) is 4.33. The van der Waals surface area contributed by atoms with Gasteiger partial charge in [-0.25, -0.2) is 9.97 Å². The van der Waals surface area contributed by atoms with Crippen LogP contribution < -0.4 is 10.1 Å². The molecule has 3 rings (SSSR count). The van der Waals surface area contributed by atoms with Gasteiger partial charge in [0.05, 0.1) is 24.7 Å². The molecule has 1 aromatic carbocycles. The molecule has 2 heterocycles. The number of aromatic nitrogens is 3. The number of carbonyl (C=O) groups excluding carboxylic acids is 1. The first-order valence-electron chi connectivity index (χ1n) is 7.26. The minimum Gasteiger partial charge on any atom is -0.464 e. The van der Waals surface area contributed by atoms with Crippen molar-refractivity contribution in [2.45, 2.75) is 6.92 Å². The lowest BCUT2D eigenvalue weighted by molar-refractivity contribution is 0.102. The SMILES string of the molecule is CCOc1ncc(NC(=O)c2ccc(-n3cccc3)cc2)cn1. The Morgan fingerprint density at radius 2 is 1.78 bits per heavy atom. The van der Waals surface area contributed by atoms with Crippen molar-refractivity contribution in [1.82, 2.24) is 14.5 Å². The van der Waals surface area contributed by atoms with Gasteiger partial charge in [0.1, 0.15) is 0 Å². The Morgan fingerprint density at radius 3 is 2.39 bits per heavy atom. The molecule has 0 radical (unpaired) electrons. The van der Waals surface area contributed by atoms with E-state index in [-0.39, 0.29) is 5.91 Å². The maximum Gasteiger partial charge on any atom is 0.316 e. The summed E-state index contributed by atoms with van der Waals surface area (Å²) >= 11 is 0. The van der Waals surface area contributed by atoms with Crippen LogP contribution in [0.5, 0.6) is 6.01 Å². The van der Waals surface area contributed by atoms with Gasteiger partial charge in [0.2, 0.25) is 0 Å². The molecule has 0 atom stereocenters. The second-order valence-corrected chi connectivity index (χ2v) is 4.78. The molecule has 0 bridgehead atoms. The summed E-state index contributed by atoms with van der Waals surface area (Å²) in [5.74, 6) is -0.211. The molecule has 6 heteroatoms. The molecule has 0 spiro atoms. The normalized spacial score (nSPS) is 10.3. The van der Waals surface area contributed by atoms with Gasteiger partial charge >= 0.3 is 6.01 Å². The van der Waals surface area contributed by atoms with Gasteiger partial charge in [-0.1, -0.05) is 0 Å². The van der Waals surface area contributed by atoms with Crippen molar-refractivity contribution in [3.63, 3.8) is 0 Å². The Balaban J connectivity index is 1.68. The first-order chi connectivity index (χ1) is 11.3. The second-order valence-electron chi connectivity index (χ2n) is 4.78. The molecule has 0 saturated carbocycles. The third kappa shape index (κ3) is 3.55. The van der Waals surface area contributed by atoms with E-state index in [4.69, 9.17) is 4.74 Å². The molecule has 1 amide bonds. The topological polar surface area (TPSA) is 69.0 Å². The van der Waals surface area contributed by atoms with Crippen molar-refractivity contribution in [2.75, 3.05) is 11.9 Å². The van der Waals surface area contributed by atoms with E-state index in [0.29, 0.717) is 23.9 Å². The van der Waals surface area contributed by atoms with Crippen LogP contribution in [-0.4, -0.2) is 27.0 Å². The van der Waals surface area contributed by atoms with Crippen molar-refractivity contribution in [1.29, 1.82) is 0 Å². The molecule has 1 N–H and O–H groups in total. The van der Waals surface area contributed by atoms with Gasteiger partial charge < -0.3 is 14.6 Å². The van der Waals surface area contributed by atoms with Gasteiger partial charge in [-0.05, 0) is 43.3 Å². The number of anilines is 1. The molecule has 0 aliphatic rings. The number of hydrogen-bond donors (Lipinski definition) is 1. The fraction of sp³-hybridized carbons (Fsp3) is 0.118. The lowest BCUT2D eigenvalue weighted by Gasteiger charge is -2.07. The van der Waals surface area contributed by atoms with Crippen molar-refractivity contribution in [2.24, 2.45) is 0 Å². The molecule has 23 heavy (non-hydrogen) atoms. The van der Waals surface area contributed by atoms with Crippen LogP contribution in [0.3, 0.4) is 0 Å². The van der Waals surface area contributed by atoms with E-state index in [1.165, 1.54) is 12.4 Å². The van der Waals surface area contributed by atoms with Crippen molar-refractivity contribution >= 4 is 11.6 Å². The van der Waals surface area contributed by atoms with Gasteiger partial charge in [0.15, 0.2) is 0 Å². The largest absolute Gasteiger partial charge is 0.464 e. The summed E-state index contributed by atoms with van der Waals surface area (Å²) in [7, 11) is 0. The number of carbonyl (C=O) groups is 1. The van der Waals surface area contributed by atoms with Crippen molar-refractivity contribution in [3.05, 3.63) is 66.7 Å². The first kappa shape index (κ1) is 14.8. The molecular weight excluding hydrogens is 292 g/mol. The smallest absolute Gasteiger partial charge is 0.316 e. The number of amides is 1. The Labute approximate surface area is 133 Å². The highest BCUT2D eigenvalue weighted by molar-refractivity contribution is 6.04. The molecule has 116 valence electrons. The Morgan fingerprint density at radius 1 is 1.13 bits per heavy atom. The Bertz CT molecular complexity index is 765. The van der Waals surface area contributed by atoms with Crippen molar-refractivity contribution < 1.29 is 9.53 Å². The molecule has 2 aromatic heterocycles. The van der Waals surface area contributed by atoms with Gasteiger partial charge in [-0.15, -0.1) is 0 Å². The standard InChI is InChI=1S/C17H16N4O2/c1-2-23-17-18-11-14(12-19-17)20-16(22)13-5-7-15(8-6-13)21-9-3-4-10-21/h3-12H,2H2,1H3,(H,20,22). The number of rotatable bonds is 5. The third-order valence-electron chi connectivity index (χ3n) is 3.19. The van der Waals surface area contributed by atoms with Crippen molar-refractivity contribution in [3.8, 4) is 11.7 Å². The zero-order chi connectivity index (χ0) is 16.1. The van der Waals surface area contributed by atoms with E-state index >= 15 is 0 Å². The third-order valence-corrected chi connectivity index (χ3v) is 3.19. The summed E-state index contributed by atoms with van der Waals surface area (Å²) < 4.78 is 7.14. The predicted molar refractivity (Wildman–Crippen MR) is 86.9 cm³/mol. The van der Waals surface area contributed by atoms with Crippen LogP contribution in [0.25, 0.3) is 5.69 Å². The lowest BCUT2D eigenvalue weighted by Crippen LogP contribution is -2.12. The Hall–Kier alpha value is -3.15. The maximum absolute atomic E-state index is 12.2. The molecule has 3 aromatic rings. The summed E-state index contributed by atoms with van der Waals surface area (Å²) in [5.41, 5.74) is 2.08. The molecule has 0 aliphatic heterocycles. The maximum atomic E-state index is 12.2. The van der Waals surface area contributed by atoms with Gasteiger partial charge in [-0.3, -0.25) is 4.79 Å². The summed E-state index contributed by atoms with van der Waals surface area (Å²) in [6, 6.07) is 11.5.